The number of fused-ring (bicyclic) bond motifs is 1. The van der Waals surface area contributed by atoms with Gasteiger partial charge in [0.25, 0.3) is 0 Å². The van der Waals surface area contributed by atoms with Crippen molar-refractivity contribution in [1.82, 2.24) is 4.98 Å². The summed E-state index contributed by atoms with van der Waals surface area (Å²) in [5.41, 5.74) is 0.489. The fourth-order valence-corrected chi connectivity index (χ4v) is 1.79. The molecule has 0 saturated carbocycles. The molecule has 6 heteroatoms. The van der Waals surface area contributed by atoms with Crippen molar-refractivity contribution in [3.63, 3.8) is 0 Å². The summed E-state index contributed by atoms with van der Waals surface area (Å²) in [4.78, 5) is 15.0. The first-order chi connectivity index (χ1) is 8.02. The van der Waals surface area contributed by atoms with E-state index in [2.05, 4.69) is 4.98 Å². The quantitative estimate of drug-likeness (QED) is 0.852. The molecule has 88 valence electrons. The number of carbonyl (C=O) groups is 1. The first kappa shape index (κ1) is 12.0. The van der Waals surface area contributed by atoms with Crippen molar-refractivity contribution >= 4 is 40.1 Å². The molecule has 0 radical (unpaired) electrons. The molecule has 1 aromatic carbocycles. The van der Waals surface area contributed by atoms with Gasteiger partial charge >= 0.3 is 5.97 Å². The van der Waals surface area contributed by atoms with E-state index in [0.29, 0.717) is 15.9 Å². The minimum Gasteiger partial charge on any atom is -0.496 e. The van der Waals surface area contributed by atoms with Crippen molar-refractivity contribution < 1.29 is 14.6 Å². The second kappa shape index (κ2) is 4.39. The van der Waals surface area contributed by atoms with Crippen LogP contribution in [-0.2, 0) is 0 Å². The Bertz CT molecular complexity index is 613. The van der Waals surface area contributed by atoms with E-state index in [1.165, 1.54) is 13.2 Å². The summed E-state index contributed by atoms with van der Waals surface area (Å²) in [6.07, 6.45) is 0. The van der Waals surface area contributed by atoms with Crippen molar-refractivity contribution in [3.8, 4) is 5.75 Å². The van der Waals surface area contributed by atoms with Gasteiger partial charge in [-0.2, -0.15) is 0 Å². The number of hydrogen-bond acceptors (Lipinski definition) is 3. The molecule has 0 spiro atoms. The van der Waals surface area contributed by atoms with Crippen LogP contribution >= 0.6 is 23.2 Å². The number of halogens is 2. The zero-order chi connectivity index (χ0) is 12.6. The molecule has 0 aliphatic carbocycles. The molecule has 1 aromatic heterocycles. The highest BCUT2D eigenvalue weighted by Crippen LogP contribution is 2.29. The number of rotatable bonds is 2. The van der Waals surface area contributed by atoms with Gasteiger partial charge in [-0.05, 0) is 18.2 Å². The summed E-state index contributed by atoms with van der Waals surface area (Å²) in [6, 6.07) is 4.58. The standard InChI is InChI=1S/C11H7Cl2NO3/c1-17-9-3-5-2-7(12)10(13)14-8(5)4-6(9)11(15)16/h2-4H,1H3,(H,15,16). The fourth-order valence-electron chi connectivity index (χ4n) is 1.49. The van der Waals surface area contributed by atoms with Crippen LogP contribution in [0.1, 0.15) is 10.4 Å². The van der Waals surface area contributed by atoms with E-state index in [9.17, 15) is 4.79 Å². The third-order valence-electron chi connectivity index (χ3n) is 2.28. The zero-order valence-corrected chi connectivity index (χ0v) is 10.2. The number of methoxy groups -OCH3 is 1. The highest BCUT2D eigenvalue weighted by Gasteiger charge is 2.14. The van der Waals surface area contributed by atoms with Crippen LogP contribution in [0.4, 0.5) is 0 Å². The second-order valence-corrected chi connectivity index (χ2v) is 4.08. The van der Waals surface area contributed by atoms with E-state index < -0.39 is 5.97 Å². The highest BCUT2D eigenvalue weighted by atomic mass is 35.5. The molecule has 1 N–H and O–H groups in total. The molecule has 0 aliphatic heterocycles. The molecule has 4 nitrogen and oxygen atoms in total. The number of benzene rings is 1. The Morgan fingerprint density at radius 3 is 2.65 bits per heavy atom. The van der Waals surface area contributed by atoms with Crippen LogP contribution in [0.25, 0.3) is 10.9 Å². The lowest BCUT2D eigenvalue weighted by molar-refractivity contribution is 0.0693. The van der Waals surface area contributed by atoms with Gasteiger partial charge in [0.05, 0.1) is 17.6 Å². The number of hydrogen-bond donors (Lipinski definition) is 1. The van der Waals surface area contributed by atoms with E-state index in [-0.39, 0.29) is 16.5 Å². The summed E-state index contributed by atoms with van der Waals surface area (Å²) in [5.74, 6) is -0.832. The maximum Gasteiger partial charge on any atom is 0.339 e. The number of carboxylic acid groups (broad SMARTS) is 1. The smallest absolute Gasteiger partial charge is 0.339 e. The maximum atomic E-state index is 11.0. The van der Waals surface area contributed by atoms with Crippen LogP contribution in [0.5, 0.6) is 5.75 Å². The van der Waals surface area contributed by atoms with Crippen LogP contribution in [0.15, 0.2) is 18.2 Å². The maximum absolute atomic E-state index is 11.0. The Hall–Kier alpha value is -1.52. The van der Waals surface area contributed by atoms with Crippen molar-refractivity contribution in [2.45, 2.75) is 0 Å². The minimum absolute atomic E-state index is 0.0332. The van der Waals surface area contributed by atoms with Crippen molar-refractivity contribution in [2.75, 3.05) is 7.11 Å². The summed E-state index contributed by atoms with van der Waals surface area (Å²) in [6.45, 7) is 0. The van der Waals surface area contributed by atoms with Gasteiger partial charge < -0.3 is 9.84 Å². The van der Waals surface area contributed by atoms with Gasteiger partial charge in [0.1, 0.15) is 16.5 Å². The molecule has 0 fully saturated rings. The molecular formula is C11H7Cl2NO3. The lowest BCUT2D eigenvalue weighted by Gasteiger charge is -2.07. The Balaban J connectivity index is 2.78. The van der Waals surface area contributed by atoms with Crippen molar-refractivity contribution in [3.05, 3.63) is 33.9 Å². The lowest BCUT2D eigenvalue weighted by atomic mass is 10.1. The van der Waals surface area contributed by atoms with E-state index in [4.69, 9.17) is 33.0 Å². The van der Waals surface area contributed by atoms with Gasteiger partial charge in [0, 0.05) is 5.39 Å². The predicted octanol–water partition coefficient (Wildman–Crippen LogP) is 3.25. The molecule has 0 amide bonds. The summed E-state index contributed by atoms with van der Waals surface area (Å²) in [5, 5.41) is 10.1. The number of pyridine rings is 1. The Kier molecular flexibility index (Phi) is 3.09. The first-order valence-electron chi connectivity index (χ1n) is 4.60. The molecule has 2 rings (SSSR count). The van der Waals surface area contributed by atoms with Gasteiger partial charge in [0.15, 0.2) is 0 Å². The largest absolute Gasteiger partial charge is 0.496 e. The Morgan fingerprint density at radius 1 is 1.35 bits per heavy atom. The molecule has 17 heavy (non-hydrogen) atoms. The molecule has 0 bridgehead atoms. The Labute approximate surface area is 107 Å². The van der Waals surface area contributed by atoms with Gasteiger partial charge in [-0.3, -0.25) is 0 Å². The first-order valence-corrected chi connectivity index (χ1v) is 5.35. The van der Waals surface area contributed by atoms with Gasteiger partial charge in [-0.25, -0.2) is 9.78 Å². The average Bonchev–Trinajstić information content (AvgIpc) is 2.29. The predicted molar refractivity (Wildman–Crippen MR) is 65.3 cm³/mol. The lowest BCUT2D eigenvalue weighted by Crippen LogP contribution is -2.01. The Morgan fingerprint density at radius 2 is 2.06 bits per heavy atom. The third kappa shape index (κ3) is 2.14. The van der Waals surface area contributed by atoms with E-state index in [1.807, 2.05) is 0 Å². The third-order valence-corrected chi connectivity index (χ3v) is 2.95. The molecule has 1 heterocycles. The average molecular weight is 272 g/mol. The molecule has 0 unspecified atom stereocenters. The molecular weight excluding hydrogens is 265 g/mol. The van der Waals surface area contributed by atoms with Gasteiger partial charge in [0.2, 0.25) is 0 Å². The molecule has 0 aliphatic rings. The topological polar surface area (TPSA) is 59.4 Å². The highest BCUT2D eigenvalue weighted by molar-refractivity contribution is 6.41. The fraction of sp³-hybridized carbons (Fsp3) is 0.0909. The van der Waals surface area contributed by atoms with E-state index in [0.717, 1.165) is 0 Å². The SMILES string of the molecule is COc1cc2cc(Cl)c(Cl)nc2cc1C(=O)O. The van der Waals surface area contributed by atoms with Crippen LogP contribution < -0.4 is 4.74 Å². The summed E-state index contributed by atoms with van der Waals surface area (Å²) >= 11 is 11.6. The summed E-state index contributed by atoms with van der Waals surface area (Å²) < 4.78 is 5.00. The van der Waals surface area contributed by atoms with Crippen LogP contribution in [-0.4, -0.2) is 23.2 Å². The zero-order valence-electron chi connectivity index (χ0n) is 8.70. The van der Waals surface area contributed by atoms with Gasteiger partial charge in [-0.15, -0.1) is 0 Å². The van der Waals surface area contributed by atoms with E-state index >= 15 is 0 Å². The summed E-state index contributed by atoms with van der Waals surface area (Å²) in [7, 11) is 1.40. The van der Waals surface area contributed by atoms with Gasteiger partial charge in [-0.1, -0.05) is 23.2 Å². The molecule has 0 atom stereocenters. The molecule has 0 saturated heterocycles. The number of aromatic nitrogens is 1. The van der Waals surface area contributed by atoms with Crippen LogP contribution in [0, 0.1) is 0 Å². The monoisotopic (exact) mass is 271 g/mol. The number of nitrogens with zero attached hydrogens (tertiary/aromatic N) is 1. The minimum atomic E-state index is -1.09. The second-order valence-electron chi connectivity index (χ2n) is 3.31. The normalized spacial score (nSPS) is 10.5. The van der Waals surface area contributed by atoms with Crippen molar-refractivity contribution in [1.29, 1.82) is 0 Å². The van der Waals surface area contributed by atoms with E-state index in [1.54, 1.807) is 12.1 Å². The van der Waals surface area contributed by atoms with Crippen molar-refractivity contribution in [2.24, 2.45) is 0 Å². The number of aromatic carboxylic acids is 1. The van der Waals surface area contributed by atoms with Crippen LogP contribution in [0.2, 0.25) is 10.2 Å². The number of ether oxygens (including phenoxy) is 1. The number of carboxylic acids is 1. The van der Waals surface area contributed by atoms with Crippen LogP contribution in [0.3, 0.4) is 0 Å². The molecule has 2 aromatic rings.